The third kappa shape index (κ3) is 3.97. The molecule has 2 unspecified atom stereocenters. The number of amides is 1. The average molecular weight is 291 g/mol. The maximum Gasteiger partial charge on any atom is 0.410 e. The molecule has 1 fully saturated rings. The Morgan fingerprint density at radius 1 is 1.38 bits per heavy atom. The van der Waals surface area contributed by atoms with E-state index >= 15 is 0 Å². The molecule has 0 aromatic heterocycles. The molecule has 4 nitrogen and oxygen atoms in total. The lowest BCUT2D eigenvalue weighted by Gasteiger charge is -2.25. The lowest BCUT2D eigenvalue weighted by atomic mass is 9.92. The highest BCUT2D eigenvalue weighted by molar-refractivity contribution is 5.68. The van der Waals surface area contributed by atoms with E-state index in [-0.39, 0.29) is 12.0 Å². The second kappa shape index (κ2) is 6.06. The van der Waals surface area contributed by atoms with Crippen molar-refractivity contribution in [3.05, 3.63) is 35.4 Å². The molecule has 1 saturated heterocycles. The Kier molecular flexibility index (Phi) is 4.57. The van der Waals surface area contributed by atoms with E-state index in [2.05, 4.69) is 0 Å². The van der Waals surface area contributed by atoms with E-state index in [0.717, 1.165) is 17.5 Å². The summed E-state index contributed by atoms with van der Waals surface area (Å²) in [6.07, 6.45) is -0.0185. The summed E-state index contributed by atoms with van der Waals surface area (Å²) in [5.74, 6) is 0.0682. The van der Waals surface area contributed by atoms with Gasteiger partial charge in [-0.15, -0.1) is 0 Å². The molecule has 1 N–H and O–H groups in total. The second-order valence-corrected chi connectivity index (χ2v) is 6.78. The van der Waals surface area contributed by atoms with E-state index in [1.54, 1.807) is 4.90 Å². The molecule has 0 saturated carbocycles. The monoisotopic (exact) mass is 291 g/mol. The summed E-state index contributed by atoms with van der Waals surface area (Å²) in [4.78, 5) is 13.7. The van der Waals surface area contributed by atoms with Crippen LogP contribution in [0.25, 0.3) is 0 Å². The van der Waals surface area contributed by atoms with Crippen LogP contribution in [-0.2, 0) is 4.74 Å². The SMILES string of the molecule is Cc1ccccc1C(O)C1CCN(C(=O)OC(C)(C)C)C1. The topological polar surface area (TPSA) is 49.8 Å². The van der Waals surface area contributed by atoms with Crippen molar-refractivity contribution in [2.45, 2.75) is 45.8 Å². The van der Waals surface area contributed by atoms with Gasteiger partial charge in [-0.3, -0.25) is 0 Å². The molecule has 1 aromatic rings. The molecule has 21 heavy (non-hydrogen) atoms. The summed E-state index contributed by atoms with van der Waals surface area (Å²) in [7, 11) is 0. The molecule has 0 radical (unpaired) electrons. The fraction of sp³-hybridized carbons (Fsp3) is 0.588. The molecule has 1 aromatic carbocycles. The zero-order valence-corrected chi connectivity index (χ0v) is 13.3. The van der Waals surface area contributed by atoms with Crippen LogP contribution in [-0.4, -0.2) is 34.8 Å². The van der Waals surface area contributed by atoms with Gasteiger partial charge in [-0.25, -0.2) is 4.79 Å². The molecule has 4 heteroatoms. The third-order valence-corrected chi connectivity index (χ3v) is 3.83. The maximum atomic E-state index is 12.1. The molecule has 2 atom stereocenters. The summed E-state index contributed by atoms with van der Waals surface area (Å²) in [6, 6.07) is 7.86. The first-order valence-electron chi connectivity index (χ1n) is 7.49. The summed E-state index contributed by atoms with van der Waals surface area (Å²) < 4.78 is 5.38. The van der Waals surface area contributed by atoms with Crippen LogP contribution in [0.3, 0.4) is 0 Å². The number of aliphatic hydroxyl groups is 1. The fourth-order valence-electron chi connectivity index (χ4n) is 2.71. The van der Waals surface area contributed by atoms with Gasteiger partial charge in [-0.05, 0) is 45.2 Å². The van der Waals surface area contributed by atoms with Gasteiger partial charge in [0.15, 0.2) is 0 Å². The summed E-state index contributed by atoms with van der Waals surface area (Å²) in [5.41, 5.74) is 1.55. The summed E-state index contributed by atoms with van der Waals surface area (Å²) in [6.45, 7) is 8.77. The van der Waals surface area contributed by atoms with Crippen molar-refractivity contribution in [2.75, 3.05) is 13.1 Å². The van der Waals surface area contributed by atoms with Crippen LogP contribution >= 0.6 is 0 Å². The Morgan fingerprint density at radius 3 is 2.67 bits per heavy atom. The Bertz CT molecular complexity index is 507. The smallest absolute Gasteiger partial charge is 0.410 e. The van der Waals surface area contributed by atoms with Crippen LogP contribution in [0.1, 0.15) is 44.4 Å². The number of carbonyl (C=O) groups is 1. The van der Waals surface area contributed by atoms with Crippen molar-refractivity contribution in [3.63, 3.8) is 0 Å². The average Bonchev–Trinajstić information content (AvgIpc) is 2.86. The number of rotatable bonds is 2. The highest BCUT2D eigenvalue weighted by Crippen LogP contribution is 2.32. The van der Waals surface area contributed by atoms with Gasteiger partial charge >= 0.3 is 6.09 Å². The molecule has 0 bridgehead atoms. The highest BCUT2D eigenvalue weighted by atomic mass is 16.6. The zero-order chi connectivity index (χ0) is 15.6. The number of hydrogen-bond donors (Lipinski definition) is 1. The normalized spacial score (nSPS) is 20.4. The molecular weight excluding hydrogens is 266 g/mol. The minimum absolute atomic E-state index is 0.0682. The van der Waals surface area contributed by atoms with Gasteiger partial charge in [0.2, 0.25) is 0 Å². The number of hydrogen-bond acceptors (Lipinski definition) is 3. The van der Waals surface area contributed by atoms with E-state index in [1.807, 2.05) is 52.0 Å². The van der Waals surface area contributed by atoms with Gasteiger partial charge in [0.05, 0.1) is 6.10 Å². The van der Waals surface area contributed by atoms with Gasteiger partial charge in [0, 0.05) is 19.0 Å². The van der Waals surface area contributed by atoms with Crippen molar-refractivity contribution in [1.82, 2.24) is 4.90 Å². The summed E-state index contributed by atoms with van der Waals surface area (Å²) in [5, 5.41) is 10.6. The molecule has 0 spiro atoms. The van der Waals surface area contributed by atoms with E-state index in [0.29, 0.717) is 13.1 Å². The number of likely N-dealkylation sites (tertiary alicyclic amines) is 1. The molecule has 1 aliphatic heterocycles. The van der Waals surface area contributed by atoms with Crippen LogP contribution in [0, 0.1) is 12.8 Å². The number of aryl methyl sites for hydroxylation is 1. The maximum absolute atomic E-state index is 12.1. The van der Waals surface area contributed by atoms with E-state index in [9.17, 15) is 9.90 Å². The molecule has 0 aliphatic carbocycles. The fourth-order valence-corrected chi connectivity index (χ4v) is 2.71. The van der Waals surface area contributed by atoms with Crippen molar-refractivity contribution in [1.29, 1.82) is 0 Å². The van der Waals surface area contributed by atoms with Gasteiger partial charge in [0.25, 0.3) is 0 Å². The number of carbonyl (C=O) groups excluding carboxylic acids is 1. The van der Waals surface area contributed by atoms with Gasteiger partial charge < -0.3 is 14.7 Å². The van der Waals surface area contributed by atoms with Crippen molar-refractivity contribution >= 4 is 6.09 Å². The van der Waals surface area contributed by atoms with Crippen LogP contribution in [0.4, 0.5) is 4.79 Å². The quantitative estimate of drug-likeness (QED) is 0.909. The second-order valence-electron chi connectivity index (χ2n) is 6.78. The Hall–Kier alpha value is -1.55. The van der Waals surface area contributed by atoms with E-state index in [4.69, 9.17) is 4.74 Å². The first kappa shape index (κ1) is 15.8. The minimum atomic E-state index is -0.529. The van der Waals surface area contributed by atoms with Crippen LogP contribution in [0.2, 0.25) is 0 Å². The molecule has 1 aliphatic rings. The molecule has 1 amide bonds. The van der Waals surface area contributed by atoms with Crippen LogP contribution < -0.4 is 0 Å². The van der Waals surface area contributed by atoms with Crippen LogP contribution in [0.5, 0.6) is 0 Å². The Labute approximate surface area is 126 Å². The molecule has 1 heterocycles. The van der Waals surface area contributed by atoms with Gasteiger partial charge in [0.1, 0.15) is 5.60 Å². The number of nitrogens with zero attached hydrogens (tertiary/aromatic N) is 1. The Morgan fingerprint density at radius 2 is 2.05 bits per heavy atom. The first-order valence-corrected chi connectivity index (χ1v) is 7.49. The molecule has 116 valence electrons. The lowest BCUT2D eigenvalue weighted by molar-refractivity contribution is 0.0268. The lowest BCUT2D eigenvalue weighted by Crippen LogP contribution is -2.35. The third-order valence-electron chi connectivity index (χ3n) is 3.83. The largest absolute Gasteiger partial charge is 0.444 e. The van der Waals surface area contributed by atoms with E-state index < -0.39 is 11.7 Å². The van der Waals surface area contributed by atoms with Crippen LogP contribution in [0.15, 0.2) is 24.3 Å². The minimum Gasteiger partial charge on any atom is -0.444 e. The standard InChI is InChI=1S/C17H25NO3/c1-12-7-5-6-8-14(12)15(19)13-9-10-18(11-13)16(20)21-17(2,3)4/h5-8,13,15,19H,9-11H2,1-4H3. The molecular formula is C17H25NO3. The number of ether oxygens (including phenoxy) is 1. The predicted octanol–water partition coefficient (Wildman–Crippen LogP) is 3.29. The van der Waals surface area contributed by atoms with E-state index in [1.165, 1.54) is 0 Å². The van der Waals surface area contributed by atoms with Crippen molar-refractivity contribution < 1.29 is 14.6 Å². The van der Waals surface area contributed by atoms with Gasteiger partial charge in [-0.2, -0.15) is 0 Å². The van der Waals surface area contributed by atoms with Crippen molar-refractivity contribution in [2.24, 2.45) is 5.92 Å². The van der Waals surface area contributed by atoms with Gasteiger partial charge in [-0.1, -0.05) is 24.3 Å². The summed E-state index contributed by atoms with van der Waals surface area (Å²) >= 11 is 0. The number of benzene rings is 1. The predicted molar refractivity (Wildman–Crippen MR) is 82.1 cm³/mol. The number of aliphatic hydroxyl groups excluding tert-OH is 1. The first-order chi connectivity index (χ1) is 9.78. The Balaban J connectivity index is 1.99. The van der Waals surface area contributed by atoms with Crippen molar-refractivity contribution in [3.8, 4) is 0 Å². The highest BCUT2D eigenvalue weighted by Gasteiger charge is 2.34. The molecule has 2 rings (SSSR count). The zero-order valence-electron chi connectivity index (χ0n) is 13.3.